The van der Waals surface area contributed by atoms with Crippen LogP contribution in [-0.2, 0) is 0 Å². The van der Waals surface area contributed by atoms with Crippen LogP contribution in [0.3, 0.4) is 0 Å². The summed E-state index contributed by atoms with van der Waals surface area (Å²) in [4.78, 5) is 4.59. The molecule has 4 heteroatoms. The van der Waals surface area contributed by atoms with E-state index < -0.39 is 0 Å². The summed E-state index contributed by atoms with van der Waals surface area (Å²) in [6.07, 6.45) is 3.69. The molecule has 2 aromatic heterocycles. The van der Waals surface area contributed by atoms with Crippen molar-refractivity contribution in [3.05, 3.63) is 30.2 Å². The van der Waals surface area contributed by atoms with Gasteiger partial charge in [-0.15, -0.1) is 11.6 Å². The highest BCUT2D eigenvalue weighted by Gasteiger charge is 2.22. The smallest absolute Gasteiger partial charge is 0.155 e. The minimum atomic E-state index is 0.0814. The molecule has 0 N–H and O–H groups in total. The summed E-state index contributed by atoms with van der Waals surface area (Å²) >= 11 is 6.24. The number of hydrogen-bond donors (Lipinski definition) is 0. The maximum atomic E-state index is 6.24. The van der Waals surface area contributed by atoms with Crippen LogP contribution in [0.4, 0.5) is 0 Å². The first-order chi connectivity index (χ1) is 7.59. The molecule has 2 aromatic rings. The largest absolute Gasteiger partial charge is 0.233 e. The van der Waals surface area contributed by atoms with Crippen LogP contribution >= 0.6 is 11.6 Å². The molecule has 0 aliphatic carbocycles. The lowest BCUT2D eigenvalue weighted by Gasteiger charge is -2.22. The van der Waals surface area contributed by atoms with Crippen molar-refractivity contribution in [3.8, 4) is 0 Å². The van der Waals surface area contributed by atoms with Gasteiger partial charge in [-0.25, -0.2) is 9.50 Å². The maximum Gasteiger partial charge on any atom is 0.155 e. The minimum Gasteiger partial charge on any atom is -0.233 e. The number of nitrogens with zero attached hydrogens (tertiary/aromatic N) is 3. The Morgan fingerprint density at radius 2 is 2.00 bits per heavy atom. The van der Waals surface area contributed by atoms with Crippen molar-refractivity contribution in [3.63, 3.8) is 0 Å². The van der Waals surface area contributed by atoms with Gasteiger partial charge >= 0.3 is 0 Å². The molecular weight excluding hydrogens is 222 g/mol. The van der Waals surface area contributed by atoms with Gasteiger partial charge < -0.3 is 0 Å². The van der Waals surface area contributed by atoms with Crippen LogP contribution in [0.25, 0.3) is 5.65 Å². The van der Waals surface area contributed by atoms with Crippen LogP contribution in [0, 0.1) is 5.92 Å². The normalized spacial score (nSPS) is 15.6. The first-order valence-corrected chi connectivity index (χ1v) is 5.97. The van der Waals surface area contributed by atoms with Crippen LogP contribution in [0.5, 0.6) is 0 Å². The van der Waals surface area contributed by atoms with Gasteiger partial charge in [0.2, 0.25) is 0 Å². The Balaban J connectivity index is 2.44. The Morgan fingerprint density at radius 3 is 2.62 bits per heavy atom. The van der Waals surface area contributed by atoms with E-state index >= 15 is 0 Å². The van der Waals surface area contributed by atoms with E-state index in [0.717, 1.165) is 11.3 Å². The molecule has 2 atom stereocenters. The SMILES string of the molecule is CC(C)C(c1ccn2nccc2n1)C(C)Cl. The van der Waals surface area contributed by atoms with Gasteiger partial charge in [-0.1, -0.05) is 13.8 Å². The van der Waals surface area contributed by atoms with E-state index in [1.807, 2.05) is 25.3 Å². The number of fused-ring (bicyclic) bond motifs is 1. The molecule has 2 unspecified atom stereocenters. The fourth-order valence-electron chi connectivity index (χ4n) is 2.12. The van der Waals surface area contributed by atoms with Gasteiger partial charge in [0.1, 0.15) is 0 Å². The van der Waals surface area contributed by atoms with Crippen LogP contribution < -0.4 is 0 Å². The van der Waals surface area contributed by atoms with Crippen molar-refractivity contribution in [2.24, 2.45) is 5.92 Å². The molecule has 16 heavy (non-hydrogen) atoms. The van der Waals surface area contributed by atoms with Crippen molar-refractivity contribution < 1.29 is 0 Å². The van der Waals surface area contributed by atoms with Gasteiger partial charge in [-0.2, -0.15) is 5.10 Å². The summed E-state index contributed by atoms with van der Waals surface area (Å²) in [5.41, 5.74) is 1.92. The van der Waals surface area contributed by atoms with Crippen LogP contribution in [-0.4, -0.2) is 20.0 Å². The van der Waals surface area contributed by atoms with E-state index in [0.29, 0.717) is 5.92 Å². The van der Waals surface area contributed by atoms with Crippen molar-refractivity contribution in [2.75, 3.05) is 0 Å². The zero-order valence-electron chi connectivity index (χ0n) is 9.76. The van der Waals surface area contributed by atoms with Gasteiger partial charge in [-0.05, 0) is 18.9 Å². The van der Waals surface area contributed by atoms with Crippen LogP contribution in [0.2, 0.25) is 0 Å². The predicted molar refractivity (Wildman–Crippen MR) is 65.9 cm³/mol. The zero-order chi connectivity index (χ0) is 11.7. The van der Waals surface area contributed by atoms with Gasteiger partial charge in [0, 0.05) is 29.3 Å². The molecule has 0 fully saturated rings. The molecule has 0 bridgehead atoms. The lowest BCUT2D eigenvalue weighted by molar-refractivity contribution is 0.480. The Morgan fingerprint density at radius 1 is 1.25 bits per heavy atom. The molecule has 0 radical (unpaired) electrons. The topological polar surface area (TPSA) is 30.2 Å². The van der Waals surface area contributed by atoms with Crippen LogP contribution in [0.1, 0.15) is 32.4 Å². The number of aromatic nitrogens is 3. The second-order valence-electron chi connectivity index (χ2n) is 4.43. The van der Waals surface area contributed by atoms with Gasteiger partial charge in [-0.3, -0.25) is 0 Å². The van der Waals surface area contributed by atoms with E-state index in [1.54, 1.807) is 10.7 Å². The summed E-state index contributed by atoms with van der Waals surface area (Å²) in [5, 5.41) is 4.21. The van der Waals surface area contributed by atoms with E-state index in [2.05, 4.69) is 23.9 Å². The first kappa shape index (κ1) is 11.4. The molecule has 0 aliphatic rings. The standard InChI is InChI=1S/C12H16ClN3/c1-8(2)12(9(3)13)10-5-7-16-11(15-10)4-6-14-16/h4-9,12H,1-3H3. The van der Waals surface area contributed by atoms with Crippen LogP contribution in [0.15, 0.2) is 24.5 Å². The Labute approximate surface area is 100 Å². The lowest BCUT2D eigenvalue weighted by Crippen LogP contribution is -2.17. The summed E-state index contributed by atoms with van der Waals surface area (Å²) in [7, 11) is 0. The van der Waals surface area contributed by atoms with Crippen molar-refractivity contribution in [1.82, 2.24) is 14.6 Å². The third-order valence-corrected chi connectivity index (χ3v) is 3.11. The van der Waals surface area contributed by atoms with Crippen molar-refractivity contribution in [2.45, 2.75) is 32.1 Å². The van der Waals surface area contributed by atoms with Gasteiger partial charge in [0.25, 0.3) is 0 Å². The molecule has 86 valence electrons. The predicted octanol–water partition coefficient (Wildman–Crippen LogP) is 3.10. The zero-order valence-corrected chi connectivity index (χ0v) is 10.5. The lowest BCUT2D eigenvalue weighted by atomic mass is 9.89. The van der Waals surface area contributed by atoms with Gasteiger partial charge in [0.05, 0.1) is 6.20 Å². The second-order valence-corrected chi connectivity index (χ2v) is 5.12. The highest BCUT2D eigenvalue weighted by atomic mass is 35.5. The highest BCUT2D eigenvalue weighted by Crippen LogP contribution is 2.29. The number of halogens is 1. The second kappa shape index (κ2) is 4.42. The molecular formula is C12H16ClN3. The number of alkyl halides is 1. The van der Waals surface area contributed by atoms with Gasteiger partial charge in [0.15, 0.2) is 5.65 Å². The highest BCUT2D eigenvalue weighted by molar-refractivity contribution is 6.20. The van der Waals surface area contributed by atoms with E-state index in [9.17, 15) is 0 Å². The molecule has 2 rings (SSSR count). The quantitative estimate of drug-likeness (QED) is 0.768. The number of hydrogen-bond acceptors (Lipinski definition) is 2. The van der Waals surface area contributed by atoms with E-state index in [4.69, 9.17) is 11.6 Å². The minimum absolute atomic E-state index is 0.0814. The van der Waals surface area contributed by atoms with Crippen molar-refractivity contribution >= 4 is 17.2 Å². The monoisotopic (exact) mass is 237 g/mol. The molecule has 0 saturated carbocycles. The molecule has 0 saturated heterocycles. The molecule has 3 nitrogen and oxygen atoms in total. The Bertz CT molecular complexity index is 468. The Kier molecular flexibility index (Phi) is 3.15. The fraction of sp³-hybridized carbons (Fsp3) is 0.500. The molecule has 0 spiro atoms. The third kappa shape index (κ3) is 2.05. The van der Waals surface area contributed by atoms with Crippen molar-refractivity contribution in [1.29, 1.82) is 0 Å². The first-order valence-electron chi connectivity index (χ1n) is 5.54. The average Bonchev–Trinajstić information content (AvgIpc) is 2.63. The van der Waals surface area contributed by atoms with E-state index in [1.165, 1.54) is 0 Å². The summed E-state index contributed by atoms with van der Waals surface area (Å²) < 4.78 is 1.76. The summed E-state index contributed by atoms with van der Waals surface area (Å²) in [6, 6.07) is 3.91. The summed E-state index contributed by atoms with van der Waals surface area (Å²) in [6.45, 7) is 6.37. The molecule has 0 aromatic carbocycles. The summed E-state index contributed by atoms with van der Waals surface area (Å²) in [5.74, 6) is 0.756. The fourth-order valence-corrected chi connectivity index (χ4v) is 2.54. The number of rotatable bonds is 3. The third-order valence-electron chi connectivity index (χ3n) is 2.83. The van der Waals surface area contributed by atoms with E-state index in [-0.39, 0.29) is 11.3 Å². The maximum absolute atomic E-state index is 6.24. The average molecular weight is 238 g/mol. The molecule has 0 aliphatic heterocycles. The molecule has 2 heterocycles. The molecule has 0 amide bonds. The Hall–Kier alpha value is -1.09.